The Morgan fingerprint density at radius 3 is 2.30 bits per heavy atom. The van der Waals surface area contributed by atoms with Crippen LogP contribution >= 0.6 is 0 Å². The number of nitrogens with one attached hydrogen (secondary N) is 1. The van der Waals surface area contributed by atoms with E-state index in [1.807, 2.05) is 32.9 Å². The number of nitrogens with zero attached hydrogens (tertiary/aromatic N) is 1. The first-order valence-corrected chi connectivity index (χ1v) is 11.6. The van der Waals surface area contributed by atoms with Crippen LogP contribution in [0.3, 0.4) is 0 Å². The van der Waals surface area contributed by atoms with E-state index in [2.05, 4.69) is 14.8 Å². The number of methoxy groups -OCH3 is 1. The lowest BCUT2D eigenvalue weighted by molar-refractivity contribution is -0.138. The van der Waals surface area contributed by atoms with E-state index in [-0.39, 0.29) is 11.4 Å². The fraction of sp³-hybridized carbons (Fsp3) is 0.348. The maximum Gasteiger partial charge on any atom is 0.293 e. The second-order valence-corrected chi connectivity index (χ2v) is 10.3. The molecule has 2 aromatic carbocycles. The minimum atomic E-state index is -4.29. The van der Waals surface area contributed by atoms with Gasteiger partial charge in [0.05, 0.1) is 12.6 Å². The molecule has 0 bridgehead atoms. The van der Waals surface area contributed by atoms with Gasteiger partial charge >= 0.3 is 0 Å². The lowest BCUT2D eigenvalue weighted by Crippen LogP contribution is -2.39. The van der Waals surface area contributed by atoms with Gasteiger partial charge in [0.1, 0.15) is 10.5 Å². The Bertz CT molecular complexity index is 1260. The quantitative estimate of drug-likeness (QED) is 0.559. The maximum absolute atomic E-state index is 14.3. The molecule has 1 aliphatic heterocycles. The minimum absolute atomic E-state index is 0.318. The molecule has 0 saturated carbocycles. The van der Waals surface area contributed by atoms with Crippen LogP contribution in [-0.4, -0.2) is 44.7 Å². The summed E-state index contributed by atoms with van der Waals surface area (Å²) in [5, 5.41) is 3.92. The number of benzene rings is 2. The topological polar surface area (TPSA) is 86.6 Å². The lowest BCUT2D eigenvalue weighted by Gasteiger charge is -2.27. The number of hydrogen-bond donors (Lipinski definition) is 1. The summed E-state index contributed by atoms with van der Waals surface area (Å²) >= 11 is 0. The van der Waals surface area contributed by atoms with Crippen molar-refractivity contribution < 1.29 is 31.5 Å². The molecule has 178 valence electrons. The van der Waals surface area contributed by atoms with Crippen molar-refractivity contribution in [2.24, 2.45) is 0 Å². The summed E-state index contributed by atoms with van der Waals surface area (Å²) in [4.78, 5) is 8.86. The van der Waals surface area contributed by atoms with Crippen molar-refractivity contribution in [2.45, 2.75) is 37.2 Å². The first-order valence-electron chi connectivity index (χ1n) is 10.2. The Kier molecular flexibility index (Phi) is 7.08. The summed E-state index contributed by atoms with van der Waals surface area (Å²) in [6.07, 6.45) is 1.35. The summed E-state index contributed by atoms with van der Waals surface area (Å²) < 4.78 is 64.2. The Labute approximate surface area is 191 Å². The molecule has 0 unspecified atom stereocenters. The van der Waals surface area contributed by atoms with Gasteiger partial charge in [-0.15, -0.1) is 0 Å². The van der Waals surface area contributed by atoms with Crippen molar-refractivity contribution >= 4 is 27.4 Å². The van der Waals surface area contributed by atoms with E-state index in [0.29, 0.717) is 17.9 Å². The molecule has 33 heavy (non-hydrogen) atoms. The van der Waals surface area contributed by atoms with Gasteiger partial charge in [-0.05, 0) is 56.7 Å². The zero-order chi connectivity index (χ0) is 24.4. The highest BCUT2D eigenvalue weighted by Crippen LogP contribution is 2.30. The first kappa shape index (κ1) is 24.7. The Morgan fingerprint density at radius 1 is 1.09 bits per heavy atom. The fourth-order valence-electron chi connectivity index (χ4n) is 3.24. The van der Waals surface area contributed by atoms with Gasteiger partial charge in [-0.2, -0.15) is 4.39 Å². The summed E-state index contributed by atoms with van der Waals surface area (Å²) in [6, 6.07) is 9.24. The van der Waals surface area contributed by atoms with Crippen molar-refractivity contribution in [3.8, 4) is 5.75 Å². The van der Waals surface area contributed by atoms with E-state index < -0.39 is 26.6 Å². The van der Waals surface area contributed by atoms with Crippen LogP contribution in [0.25, 0.3) is 10.9 Å². The van der Waals surface area contributed by atoms with Crippen molar-refractivity contribution in [3.05, 3.63) is 59.8 Å². The van der Waals surface area contributed by atoms with Crippen LogP contribution in [0.5, 0.6) is 5.75 Å². The third-order valence-corrected chi connectivity index (χ3v) is 6.81. The molecule has 7 nitrogen and oxygen atoms in total. The average Bonchev–Trinajstić information content (AvgIpc) is 3.12. The molecule has 1 aromatic heterocycles. The smallest absolute Gasteiger partial charge is 0.293 e. The Hall–Kier alpha value is -2.98. The van der Waals surface area contributed by atoms with Crippen LogP contribution in [0.2, 0.25) is 0 Å². The minimum Gasteiger partial charge on any atom is -0.494 e. The molecule has 0 amide bonds. The first-order chi connectivity index (χ1) is 15.5. The van der Waals surface area contributed by atoms with Crippen LogP contribution < -0.4 is 10.1 Å². The number of hydrogen-bond acceptors (Lipinski definition) is 6. The van der Waals surface area contributed by atoms with Crippen molar-refractivity contribution in [2.75, 3.05) is 20.2 Å². The largest absolute Gasteiger partial charge is 0.494 e. The zero-order valence-electron chi connectivity index (χ0n) is 18.8. The molecule has 10 heteroatoms. The molecule has 0 atom stereocenters. The number of rotatable bonds is 5. The van der Waals surface area contributed by atoms with E-state index in [1.54, 1.807) is 12.1 Å². The summed E-state index contributed by atoms with van der Waals surface area (Å²) in [5.74, 6) is -2.72. The van der Waals surface area contributed by atoms with E-state index in [1.165, 1.54) is 13.3 Å². The van der Waals surface area contributed by atoms with Gasteiger partial charge < -0.3 is 14.8 Å². The van der Waals surface area contributed by atoms with Crippen LogP contribution in [0, 0.1) is 11.6 Å². The van der Waals surface area contributed by atoms with Crippen LogP contribution in [-0.2, 0) is 19.6 Å². The molecular formula is C23H26F2N2O5S. The molecule has 4 rings (SSSR count). The van der Waals surface area contributed by atoms with Gasteiger partial charge in [0.25, 0.3) is 16.5 Å². The van der Waals surface area contributed by atoms with Gasteiger partial charge in [0.15, 0.2) is 11.6 Å². The van der Waals surface area contributed by atoms with E-state index in [9.17, 15) is 22.0 Å². The highest BCUT2D eigenvalue weighted by Gasteiger charge is 2.27. The zero-order valence-corrected chi connectivity index (χ0v) is 19.6. The average molecular weight is 481 g/mol. The van der Waals surface area contributed by atoms with E-state index in [0.717, 1.165) is 40.1 Å². The second-order valence-electron chi connectivity index (χ2n) is 8.51. The predicted molar refractivity (Wildman–Crippen MR) is 120 cm³/mol. The summed E-state index contributed by atoms with van der Waals surface area (Å²) in [7, 11) is -3.11. The lowest BCUT2D eigenvalue weighted by atomic mass is 9.93. The van der Waals surface area contributed by atoms with Crippen molar-refractivity contribution in [1.29, 1.82) is 0 Å². The molecule has 1 saturated heterocycles. The van der Waals surface area contributed by atoms with E-state index >= 15 is 0 Å². The SMILES string of the molecule is CC(C)(C)OC=O.COc1ccc(S(=O)(=O)n2ccc3cc(C4CNC4)ccc32)c(F)c1F. The van der Waals surface area contributed by atoms with Crippen molar-refractivity contribution in [3.63, 3.8) is 0 Å². The van der Waals surface area contributed by atoms with Gasteiger partial charge in [0.2, 0.25) is 5.82 Å². The molecular weight excluding hydrogens is 454 g/mol. The number of halogens is 2. The highest BCUT2D eigenvalue weighted by atomic mass is 32.2. The molecule has 2 heterocycles. The standard InChI is InChI=1S/C18H16F2N2O3S.C5H10O2/c1-25-15-4-5-16(18(20)17(15)19)26(23,24)22-7-6-12-8-11(2-3-14(12)22)13-9-21-10-13;1-5(2,3)7-4-6/h2-8,13,21H,9-10H2,1H3;4H,1-3H3. The molecule has 3 aromatic rings. The molecule has 0 radical (unpaired) electrons. The number of carbonyl (C=O) groups excluding carboxylic acids is 1. The Balaban J connectivity index is 0.000000383. The maximum atomic E-state index is 14.3. The van der Waals surface area contributed by atoms with Crippen molar-refractivity contribution in [1.82, 2.24) is 9.29 Å². The Morgan fingerprint density at radius 2 is 1.79 bits per heavy atom. The fourth-order valence-corrected chi connectivity index (χ4v) is 4.66. The predicted octanol–water partition coefficient (Wildman–Crippen LogP) is 3.81. The third kappa shape index (κ3) is 5.17. The second kappa shape index (κ2) is 9.48. The molecule has 0 spiro atoms. The van der Waals surface area contributed by atoms with Crippen LogP contribution in [0.1, 0.15) is 32.3 Å². The van der Waals surface area contributed by atoms with Gasteiger partial charge in [-0.25, -0.2) is 16.8 Å². The third-order valence-electron chi connectivity index (χ3n) is 5.10. The number of aromatic nitrogens is 1. The molecule has 1 aliphatic rings. The summed E-state index contributed by atoms with van der Waals surface area (Å²) in [6.45, 7) is 7.70. The van der Waals surface area contributed by atoms with Crippen LogP contribution in [0.15, 0.2) is 47.5 Å². The van der Waals surface area contributed by atoms with E-state index in [4.69, 9.17) is 0 Å². The van der Waals surface area contributed by atoms with Gasteiger partial charge in [-0.3, -0.25) is 4.79 Å². The molecule has 0 aliphatic carbocycles. The van der Waals surface area contributed by atoms with Gasteiger partial charge in [0, 0.05) is 30.6 Å². The highest BCUT2D eigenvalue weighted by molar-refractivity contribution is 7.90. The monoisotopic (exact) mass is 480 g/mol. The summed E-state index contributed by atoms with van der Waals surface area (Å²) in [5.41, 5.74) is 1.21. The van der Waals surface area contributed by atoms with Gasteiger partial charge in [-0.1, -0.05) is 6.07 Å². The molecule has 1 fully saturated rings. The number of ether oxygens (including phenoxy) is 2. The normalized spacial score (nSPS) is 14.2. The van der Waals surface area contributed by atoms with Crippen LogP contribution in [0.4, 0.5) is 8.78 Å². The number of fused-ring (bicyclic) bond motifs is 1. The molecule has 1 N–H and O–H groups in total. The number of carbonyl (C=O) groups is 1.